The maximum absolute atomic E-state index is 10.4. The number of ether oxygens (including phenoxy) is 2. The molecule has 0 aliphatic carbocycles. The Morgan fingerprint density at radius 3 is 2.03 bits per heavy atom. The molecule has 3 rings (SSSR count). The number of nitrogens with one attached hydrogen (secondary N) is 1. The highest BCUT2D eigenvalue weighted by molar-refractivity contribution is 5.32. The number of rotatable bonds is 18. The first-order valence-electron chi connectivity index (χ1n) is 13.9. The number of aliphatic hydroxyl groups excluding tert-OH is 2. The summed E-state index contributed by atoms with van der Waals surface area (Å²) in [6.07, 6.45) is 0.771. The molecular weight excluding hydrogens is 492 g/mol. The molecule has 7 nitrogen and oxygen atoms in total. The Bertz CT molecular complexity index is 1060. The highest BCUT2D eigenvalue weighted by Gasteiger charge is 2.43. The molecule has 3 aromatic carbocycles. The number of hydrogen-bond acceptors (Lipinski definition) is 6. The van der Waals surface area contributed by atoms with E-state index in [0.717, 1.165) is 17.5 Å². The lowest BCUT2D eigenvalue weighted by Crippen LogP contribution is -2.61. The van der Waals surface area contributed by atoms with Crippen molar-refractivity contribution in [2.75, 3.05) is 46.1 Å². The molecule has 0 aromatic heterocycles. The first-order chi connectivity index (χ1) is 19.0. The molecular formula is C32H45N2O5+. The summed E-state index contributed by atoms with van der Waals surface area (Å²) < 4.78 is 12.9. The van der Waals surface area contributed by atoms with Crippen molar-refractivity contribution in [3.8, 4) is 5.75 Å². The minimum Gasteiger partial charge on any atom is -0.508 e. The third kappa shape index (κ3) is 8.86. The van der Waals surface area contributed by atoms with Gasteiger partial charge in [-0.1, -0.05) is 78.9 Å². The van der Waals surface area contributed by atoms with Crippen LogP contribution in [0.5, 0.6) is 5.75 Å². The normalized spacial score (nSPS) is 14.2. The summed E-state index contributed by atoms with van der Waals surface area (Å²) in [4.78, 5) is 0. The molecule has 0 saturated heterocycles. The number of benzene rings is 3. The molecule has 4 N–H and O–H groups in total. The number of phenols is 1. The highest BCUT2D eigenvalue weighted by atomic mass is 16.5. The lowest BCUT2D eigenvalue weighted by molar-refractivity contribution is -1.02. The molecule has 0 aliphatic heterocycles. The Morgan fingerprint density at radius 2 is 1.41 bits per heavy atom. The van der Waals surface area contributed by atoms with E-state index in [4.69, 9.17) is 9.47 Å². The van der Waals surface area contributed by atoms with Gasteiger partial charge >= 0.3 is 0 Å². The van der Waals surface area contributed by atoms with E-state index >= 15 is 0 Å². The van der Waals surface area contributed by atoms with Crippen LogP contribution in [0.15, 0.2) is 84.9 Å². The minimum atomic E-state index is -0.431. The second-order valence-electron chi connectivity index (χ2n) is 9.86. The van der Waals surface area contributed by atoms with Crippen LogP contribution in [0, 0.1) is 0 Å². The molecule has 0 radical (unpaired) electrons. The van der Waals surface area contributed by atoms with Crippen LogP contribution in [0.25, 0.3) is 0 Å². The van der Waals surface area contributed by atoms with Crippen molar-refractivity contribution in [1.82, 2.24) is 5.32 Å². The first-order valence-corrected chi connectivity index (χ1v) is 13.9. The van der Waals surface area contributed by atoms with Crippen molar-refractivity contribution in [3.05, 3.63) is 102 Å². The van der Waals surface area contributed by atoms with E-state index in [9.17, 15) is 15.3 Å². The van der Waals surface area contributed by atoms with Gasteiger partial charge in [-0.2, -0.15) is 0 Å². The number of quaternary nitrogens is 1. The third-order valence-corrected chi connectivity index (χ3v) is 7.31. The second kappa shape index (κ2) is 16.4. The fraction of sp³-hybridized carbons (Fsp3) is 0.438. The van der Waals surface area contributed by atoms with Gasteiger partial charge in [-0.05, 0) is 37.0 Å². The molecule has 212 valence electrons. The third-order valence-electron chi connectivity index (χ3n) is 7.31. The Kier molecular flexibility index (Phi) is 12.9. The number of aromatic hydroxyl groups is 1. The van der Waals surface area contributed by atoms with Gasteiger partial charge in [0.25, 0.3) is 0 Å². The summed E-state index contributed by atoms with van der Waals surface area (Å²) in [6, 6.07) is 27.9. The van der Waals surface area contributed by atoms with Crippen LogP contribution in [0.2, 0.25) is 0 Å². The summed E-state index contributed by atoms with van der Waals surface area (Å²) in [5.41, 5.74) is 3.10. The van der Waals surface area contributed by atoms with E-state index in [0.29, 0.717) is 45.0 Å². The molecule has 0 fully saturated rings. The van der Waals surface area contributed by atoms with Crippen molar-refractivity contribution in [1.29, 1.82) is 0 Å². The standard InChI is InChI=1S/C32H44N2O5/c1-3-38-26(2)34(19-21-35,20-22-36)32(28-14-8-5-9-15-28)39-23-18-33-30(24-27-12-6-4-7-13-27)25-29-16-10-11-17-31(29)37/h4-17,26,30,32-33,35-36H,3,18-25H2,1-2H3/p+1. The maximum Gasteiger partial charge on any atom is 0.222 e. The predicted molar refractivity (Wildman–Crippen MR) is 154 cm³/mol. The number of para-hydroxylation sites is 1. The Balaban J connectivity index is 1.78. The topological polar surface area (TPSA) is 91.2 Å². The summed E-state index contributed by atoms with van der Waals surface area (Å²) in [5, 5.41) is 34.1. The van der Waals surface area contributed by atoms with Gasteiger partial charge in [0.15, 0.2) is 6.23 Å². The van der Waals surface area contributed by atoms with E-state index in [-0.39, 0.29) is 30.0 Å². The lowest BCUT2D eigenvalue weighted by atomic mass is 9.98. The summed E-state index contributed by atoms with van der Waals surface area (Å²) in [5.74, 6) is 0.303. The van der Waals surface area contributed by atoms with Crippen molar-refractivity contribution in [3.63, 3.8) is 0 Å². The highest BCUT2D eigenvalue weighted by Crippen LogP contribution is 2.33. The number of phenolic OH excluding ortho intramolecular Hbond substituents is 1. The van der Waals surface area contributed by atoms with Gasteiger partial charge < -0.3 is 30.1 Å². The summed E-state index contributed by atoms with van der Waals surface area (Å²) in [7, 11) is 0. The van der Waals surface area contributed by atoms with Crippen LogP contribution in [0.1, 0.15) is 36.8 Å². The zero-order valence-electron chi connectivity index (χ0n) is 23.3. The van der Waals surface area contributed by atoms with E-state index in [1.165, 1.54) is 5.56 Å². The zero-order valence-corrected chi connectivity index (χ0v) is 23.3. The SMILES string of the molecule is CCOC(C)[N+](CCO)(CCO)C(OCCNC(Cc1ccccc1)Cc1ccccc1O)c1ccccc1. The average Bonchev–Trinajstić information content (AvgIpc) is 2.95. The quantitative estimate of drug-likeness (QED) is 0.111. The molecule has 0 heterocycles. The van der Waals surface area contributed by atoms with Crippen LogP contribution >= 0.6 is 0 Å². The minimum absolute atomic E-state index is 0.0535. The molecule has 0 spiro atoms. The average molecular weight is 538 g/mol. The number of hydrogen-bond donors (Lipinski definition) is 4. The fourth-order valence-corrected chi connectivity index (χ4v) is 5.32. The molecule has 0 bridgehead atoms. The smallest absolute Gasteiger partial charge is 0.222 e. The fourth-order valence-electron chi connectivity index (χ4n) is 5.32. The van der Waals surface area contributed by atoms with Crippen LogP contribution in [0.4, 0.5) is 0 Å². The van der Waals surface area contributed by atoms with Gasteiger partial charge in [0.05, 0.1) is 26.4 Å². The van der Waals surface area contributed by atoms with E-state index in [2.05, 4.69) is 17.4 Å². The van der Waals surface area contributed by atoms with Crippen molar-refractivity contribution < 1.29 is 29.3 Å². The number of aliphatic hydroxyl groups is 2. The molecule has 0 aliphatic rings. The molecule has 7 heteroatoms. The monoisotopic (exact) mass is 537 g/mol. The van der Waals surface area contributed by atoms with Gasteiger partial charge in [0, 0.05) is 25.1 Å². The van der Waals surface area contributed by atoms with Crippen LogP contribution in [0.3, 0.4) is 0 Å². The summed E-state index contributed by atoms with van der Waals surface area (Å²) >= 11 is 0. The molecule has 3 atom stereocenters. The maximum atomic E-state index is 10.4. The largest absolute Gasteiger partial charge is 0.508 e. The zero-order chi connectivity index (χ0) is 27.9. The van der Waals surface area contributed by atoms with Gasteiger partial charge in [0.1, 0.15) is 18.8 Å². The lowest BCUT2D eigenvalue weighted by Gasteiger charge is -2.47. The second-order valence-corrected chi connectivity index (χ2v) is 9.86. The molecule has 3 aromatic rings. The van der Waals surface area contributed by atoms with Crippen molar-refractivity contribution in [2.45, 2.75) is 45.2 Å². The van der Waals surface area contributed by atoms with Gasteiger partial charge in [-0.25, -0.2) is 0 Å². The van der Waals surface area contributed by atoms with E-state index in [1.807, 2.05) is 80.6 Å². The van der Waals surface area contributed by atoms with Gasteiger partial charge in [-0.3, -0.25) is 4.48 Å². The Morgan fingerprint density at radius 1 is 0.795 bits per heavy atom. The summed E-state index contributed by atoms with van der Waals surface area (Å²) in [6.45, 7) is 6.13. The Hall–Kier alpha value is -2.78. The molecule has 0 amide bonds. The van der Waals surface area contributed by atoms with E-state index < -0.39 is 6.23 Å². The van der Waals surface area contributed by atoms with E-state index in [1.54, 1.807) is 6.07 Å². The van der Waals surface area contributed by atoms with Gasteiger partial charge in [0.2, 0.25) is 6.23 Å². The van der Waals surface area contributed by atoms with Gasteiger partial charge in [-0.15, -0.1) is 0 Å². The molecule has 3 unspecified atom stereocenters. The van der Waals surface area contributed by atoms with Crippen LogP contribution < -0.4 is 5.32 Å². The molecule has 0 saturated carbocycles. The van der Waals surface area contributed by atoms with Crippen LogP contribution in [-0.2, 0) is 22.3 Å². The van der Waals surface area contributed by atoms with Crippen molar-refractivity contribution >= 4 is 0 Å². The number of nitrogens with zero attached hydrogens (tertiary/aromatic N) is 1. The van der Waals surface area contributed by atoms with Crippen LogP contribution in [-0.4, -0.2) is 78.1 Å². The Labute approximate surface area is 233 Å². The predicted octanol–water partition coefficient (Wildman–Crippen LogP) is 4.03. The molecule has 39 heavy (non-hydrogen) atoms. The first kappa shape index (κ1) is 30.8. The van der Waals surface area contributed by atoms with Crippen molar-refractivity contribution in [2.24, 2.45) is 0 Å².